The fourth-order valence-corrected chi connectivity index (χ4v) is 2.26. The van der Waals surface area contributed by atoms with E-state index in [0.717, 1.165) is 10.6 Å². The molecule has 18 heavy (non-hydrogen) atoms. The van der Waals surface area contributed by atoms with Gasteiger partial charge in [0.15, 0.2) is 0 Å². The second-order valence-corrected chi connectivity index (χ2v) is 4.68. The molecule has 1 aromatic carbocycles. The summed E-state index contributed by atoms with van der Waals surface area (Å²) < 4.78 is 10.7. The minimum Gasteiger partial charge on any atom is -0.497 e. The van der Waals surface area contributed by atoms with Crippen LogP contribution in [0, 0.1) is 0 Å². The van der Waals surface area contributed by atoms with Gasteiger partial charge in [0.05, 0.1) is 7.11 Å². The van der Waals surface area contributed by atoms with Gasteiger partial charge >= 0.3 is 7.12 Å². The number of rotatable bonds is 5. The van der Waals surface area contributed by atoms with E-state index in [4.69, 9.17) is 19.5 Å². The zero-order chi connectivity index (χ0) is 13.0. The topological polar surface area (TPSA) is 58.9 Å². The molecule has 1 aromatic heterocycles. The van der Waals surface area contributed by atoms with Crippen molar-refractivity contribution in [3.05, 3.63) is 40.6 Å². The molecule has 2 rings (SSSR count). The monoisotopic (exact) mass is 264 g/mol. The van der Waals surface area contributed by atoms with Crippen LogP contribution < -0.4 is 14.9 Å². The number of hydrogen-bond donors (Lipinski definition) is 2. The number of hydrogen-bond acceptors (Lipinski definition) is 5. The first-order valence-corrected chi connectivity index (χ1v) is 6.27. The Morgan fingerprint density at radius 3 is 2.67 bits per heavy atom. The van der Waals surface area contributed by atoms with E-state index >= 15 is 0 Å². The first-order valence-electron chi connectivity index (χ1n) is 5.39. The highest BCUT2D eigenvalue weighted by Gasteiger charge is 2.13. The molecule has 0 atom stereocenters. The van der Waals surface area contributed by atoms with Gasteiger partial charge in [0.2, 0.25) is 0 Å². The van der Waals surface area contributed by atoms with Crippen LogP contribution in [-0.2, 0) is 6.61 Å². The van der Waals surface area contributed by atoms with Crippen LogP contribution in [0.1, 0.15) is 4.88 Å². The van der Waals surface area contributed by atoms with E-state index in [1.807, 2.05) is 18.2 Å². The Morgan fingerprint density at radius 2 is 2.00 bits per heavy atom. The molecule has 0 bridgehead atoms. The van der Waals surface area contributed by atoms with Gasteiger partial charge < -0.3 is 19.5 Å². The smallest absolute Gasteiger partial charge is 0.489 e. The Bertz CT molecular complexity index is 512. The number of thiophene rings is 1. The molecule has 2 N–H and O–H groups in total. The molecule has 0 aliphatic heterocycles. The van der Waals surface area contributed by atoms with Gasteiger partial charge in [0.25, 0.3) is 0 Å². The van der Waals surface area contributed by atoms with Crippen LogP contribution in [0.25, 0.3) is 0 Å². The summed E-state index contributed by atoms with van der Waals surface area (Å²) in [5.74, 6) is 1.46. The van der Waals surface area contributed by atoms with Crippen molar-refractivity contribution in [2.45, 2.75) is 6.61 Å². The molecule has 0 saturated carbocycles. The summed E-state index contributed by atoms with van der Waals surface area (Å²) in [6.07, 6.45) is 0. The molecule has 0 radical (unpaired) electrons. The maximum Gasteiger partial charge on any atom is 0.489 e. The molecule has 0 unspecified atom stereocenters. The Labute approximate surface area is 110 Å². The maximum absolute atomic E-state index is 9.00. The van der Waals surface area contributed by atoms with Gasteiger partial charge in [-0.25, -0.2) is 0 Å². The van der Waals surface area contributed by atoms with Crippen LogP contribution in [0.15, 0.2) is 35.7 Å². The molecule has 2 aromatic rings. The van der Waals surface area contributed by atoms with Crippen LogP contribution in [0.4, 0.5) is 0 Å². The van der Waals surface area contributed by atoms with E-state index in [9.17, 15) is 0 Å². The van der Waals surface area contributed by atoms with Crippen LogP contribution >= 0.6 is 11.3 Å². The van der Waals surface area contributed by atoms with E-state index < -0.39 is 7.12 Å². The third-order valence-corrected chi connectivity index (χ3v) is 3.32. The highest BCUT2D eigenvalue weighted by atomic mass is 32.1. The second-order valence-electron chi connectivity index (χ2n) is 3.69. The lowest BCUT2D eigenvalue weighted by molar-refractivity contribution is 0.307. The highest BCUT2D eigenvalue weighted by Crippen LogP contribution is 2.20. The molecule has 1 heterocycles. The van der Waals surface area contributed by atoms with Gasteiger partial charge in [0, 0.05) is 10.9 Å². The summed E-state index contributed by atoms with van der Waals surface area (Å²) in [6, 6.07) is 9.06. The first kappa shape index (κ1) is 12.9. The molecule has 94 valence electrons. The SMILES string of the molecule is COc1cccc(OCc2cc(B(O)O)cs2)c1. The lowest BCUT2D eigenvalue weighted by atomic mass is 9.83. The van der Waals surface area contributed by atoms with Gasteiger partial charge in [-0.2, -0.15) is 0 Å². The second kappa shape index (κ2) is 5.90. The highest BCUT2D eigenvalue weighted by molar-refractivity contribution is 7.11. The maximum atomic E-state index is 9.00. The molecule has 0 spiro atoms. The molecule has 0 saturated heterocycles. The molecular weight excluding hydrogens is 251 g/mol. The molecule has 6 heteroatoms. The van der Waals surface area contributed by atoms with Crippen molar-refractivity contribution in [3.8, 4) is 11.5 Å². The lowest BCUT2D eigenvalue weighted by Crippen LogP contribution is -2.27. The van der Waals surface area contributed by atoms with Gasteiger partial charge in [-0.05, 0) is 29.0 Å². The van der Waals surface area contributed by atoms with Gasteiger partial charge in [-0.15, -0.1) is 11.3 Å². The minimum atomic E-state index is -1.42. The van der Waals surface area contributed by atoms with Crippen LogP contribution in [0.3, 0.4) is 0 Å². The van der Waals surface area contributed by atoms with Crippen molar-refractivity contribution in [3.63, 3.8) is 0 Å². The third kappa shape index (κ3) is 3.26. The molecule has 0 aliphatic rings. The predicted octanol–water partition coefficient (Wildman–Crippen LogP) is 1.02. The van der Waals surface area contributed by atoms with E-state index in [1.165, 1.54) is 11.3 Å². The van der Waals surface area contributed by atoms with Gasteiger partial charge in [-0.1, -0.05) is 6.07 Å². The largest absolute Gasteiger partial charge is 0.497 e. The zero-order valence-corrected chi connectivity index (χ0v) is 10.7. The summed E-state index contributed by atoms with van der Waals surface area (Å²) in [5.41, 5.74) is 0.490. The Morgan fingerprint density at radius 1 is 1.22 bits per heavy atom. The van der Waals surface area contributed by atoms with Crippen molar-refractivity contribution < 1.29 is 19.5 Å². The lowest BCUT2D eigenvalue weighted by Gasteiger charge is -2.06. The molecule has 0 aliphatic carbocycles. The standard InChI is InChI=1S/C12H13BO4S/c1-16-10-3-2-4-11(6-10)17-7-12-5-9(8-18-12)13(14)15/h2-6,8,14-15H,7H2,1H3. The fraction of sp³-hybridized carbons (Fsp3) is 0.167. The summed E-state index contributed by atoms with van der Waals surface area (Å²) in [7, 11) is 0.180. The molecule has 0 fully saturated rings. The van der Waals surface area contributed by atoms with Crippen molar-refractivity contribution in [2.75, 3.05) is 7.11 Å². The van der Waals surface area contributed by atoms with Crippen molar-refractivity contribution >= 4 is 23.9 Å². The summed E-state index contributed by atoms with van der Waals surface area (Å²) in [6.45, 7) is 0.393. The summed E-state index contributed by atoms with van der Waals surface area (Å²) in [4.78, 5) is 0.931. The average molecular weight is 264 g/mol. The molecule has 4 nitrogen and oxygen atoms in total. The summed E-state index contributed by atoms with van der Waals surface area (Å²) in [5, 5.41) is 19.7. The van der Waals surface area contributed by atoms with E-state index in [2.05, 4.69) is 0 Å². The van der Waals surface area contributed by atoms with Crippen LogP contribution in [0.2, 0.25) is 0 Å². The van der Waals surface area contributed by atoms with Crippen molar-refractivity contribution in [1.82, 2.24) is 0 Å². The average Bonchev–Trinajstić information content (AvgIpc) is 2.85. The Kier molecular flexibility index (Phi) is 4.25. The van der Waals surface area contributed by atoms with E-state index in [-0.39, 0.29) is 0 Å². The van der Waals surface area contributed by atoms with Crippen molar-refractivity contribution in [1.29, 1.82) is 0 Å². The Hall–Kier alpha value is -1.50. The normalized spacial score (nSPS) is 10.2. The quantitative estimate of drug-likeness (QED) is 0.791. The Balaban J connectivity index is 1.97. The third-order valence-electron chi connectivity index (χ3n) is 2.39. The zero-order valence-electron chi connectivity index (χ0n) is 9.87. The van der Waals surface area contributed by atoms with E-state index in [0.29, 0.717) is 17.8 Å². The first-order chi connectivity index (χ1) is 8.69. The minimum absolute atomic E-state index is 0.393. The number of benzene rings is 1. The van der Waals surface area contributed by atoms with Gasteiger partial charge in [-0.3, -0.25) is 0 Å². The molecule has 0 amide bonds. The number of ether oxygens (including phenoxy) is 2. The summed E-state index contributed by atoms with van der Waals surface area (Å²) >= 11 is 1.43. The predicted molar refractivity (Wildman–Crippen MR) is 71.5 cm³/mol. The fourth-order valence-electron chi connectivity index (χ4n) is 1.45. The van der Waals surface area contributed by atoms with Crippen LogP contribution in [0.5, 0.6) is 11.5 Å². The molecular formula is C12H13BO4S. The van der Waals surface area contributed by atoms with Crippen molar-refractivity contribution in [2.24, 2.45) is 0 Å². The van der Waals surface area contributed by atoms with E-state index in [1.54, 1.807) is 24.6 Å². The number of methoxy groups -OCH3 is 1. The van der Waals surface area contributed by atoms with Crippen LogP contribution in [-0.4, -0.2) is 24.3 Å². The van der Waals surface area contributed by atoms with Gasteiger partial charge in [0.1, 0.15) is 18.1 Å².